The van der Waals surface area contributed by atoms with Crippen LogP contribution in [0.25, 0.3) is 10.9 Å². The topological polar surface area (TPSA) is 83.8 Å². The van der Waals surface area contributed by atoms with E-state index in [9.17, 15) is 4.79 Å². The number of nitrogens with one attached hydrogen (secondary N) is 2. The van der Waals surface area contributed by atoms with Crippen molar-refractivity contribution < 1.29 is 9.32 Å². The zero-order valence-corrected chi connectivity index (χ0v) is 10.1. The molecule has 0 fully saturated rings. The van der Waals surface area contributed by atoms with E-state index >= 15 is 0 Å². The first-order valence-corrected chi connectivity index (χ1v) is 5.94. The minimum absolute atomic E-state index is 0.109. The molecular formula is C13H12N4O2. The lowest BCUT2D eigenvalue weighted by molar-refractivity contribution is 0.0953. The number of benzene rings is 1. The summed E-state index contributed by atoms with van der Waals surface area (Å²) >= 11 is 0. The summed E-state index contributed by atoms with van der Waals surface area (Å²) in [5.41, 5.74) is 1.65. The molecule has 0 saturated heterocycles. The number of carbonyl (C=O) groups is 1. The van der Waals surface area contributed by atoms with Gasteiger partial charge in [-0.3, -0.25) is 4.79 Å². The Morgan fingerprint density at radius 1 is 1.37 bits per heavy atom. The number of carbonyl (C=O) groups excluding carboxylic acids is 1. The quantitative estimate of drug-likeness (QED) is 0.741. The van der Waals surface area contributed by atoms with Gasteiger partial charge in [-0.2, -0.15) is 4.98 Å². The summed E-state index contributed by atoms with van der Waals surface area (Å²) in [6.45, 7) is 0.464. The molecule has 0 aliphatic rings. The highest BCUT2D eigenvalue weighted by atomic mass is 16.5. The third kappa shape index (κ3) is 2.47. The number of H-pyrrole nitrogens is 1. The molecule has 1 amide bonds. The molecule has 2 N–H and O–H groups in total. The number of hydrogen-bond acceptors (Lipinski definition) is 4. The van der Waals surface area contributed by atoms with Gasteiger partial charge < -0.3 is 14.8 Å². The fourth-order valence-corrected chi connectivity index (χ4v) is 1.89. The second kappa shape index (κ2) is 4.93. The third-order valence-corrected chi connectivity index (χ3v) is 2.85. The first-order chi connectivity index (χ1) is 9.33. The van der Waals surface area contributed by atoms with Crippen molar-refractivity contribution in [2.75, 3.05) is 6.54 Å². The van der Waals surface area contributed by atoms with Crippen LogP contribution in [0, 0.1) is 0 Å². The van der Waals surface area contributed by atoms with Gasteiger partial charge >= 0.3 is 0 Å². The Morgan fingerprint density at radius 3 is 3.16 bits per heavy atom. The molecule has 0 unspecified atom stereocenters. The first-order valence-electron chi connectivity index (χ1n) is 5.94. The molecular weight excluding hydrogens is 244 g/mol. The van der Waals surface area contributed by atoms with Gasteiger partial charge in [0.05, 0.1) is 0 Å². The van der Waals surface area contributed by atoms with Crippen molar-refractivity contribution in [3.63, 3.8) is 0 Å². The van der Waals surface area contributed by atoms with E-state index in [1.807, 2.05) is 24.4 Å². The molecule has 3 aromatic rings. The normalized spacial score (nSPS) is 10.7. The number of aromatic amines is 1. The Kier molecular flexibility index (Phi) is 2.97. The van der Waals surface area contributed by atoms with Crippen LogP contribution in [0.4, 0.5) is 0 Å². The van der Waals surface area contributed by atoms with Crippen LogP contribution in [0.15, 0.2) is 41.3 Å². The zero-order valence-electron chi connectivity index (χ0n) is 10.1. The van der Waals surface area contributed by atoms with E-state index in [4.69, 9.17) is 4.52 Å². The van der Waals surface area contributed by atoms with Gasteiger partial charge in [-0.25, -0.2) is 0 Å². The van der Waals surface area contributed by atoms with Crippen LogP contribution >= 0.6 is 0 Å². The smallest absolute Gasteiger partial charge is 0.251 e. The number of fused-ring (bicyclic) bond motifs is 1. The third-order valence-electron chi connectivity index (χ3n) is 2.85. The predicted octanol–water partition coefficient (Wildman–Crippen LogP) is 1.52. The summed E-state index contributed by atoms with van der Waals surface area (Å²) in [5, 5.41) is 7.34. The number of hydrogen-bond donors (Lipinski definition) is 2. The molecule has 1 aromatic carbocycles. The lowest BCUT2D eigenvalue weighted by Crippen LogP contribution is -2.25. The molecule has 0 atom stereocenters. The van der Waals surface area contributed by atoms with Gasteiger partial charge in [0.1, 0.15) is 0 Å². The minimum atomic E-state index is -0.109. The van der Waals surface area contributed by atoms with Crippen molar-refractivity contribution >= 4 is 16.8 Å². The molecule has 3 rings (SSSR count). The van der Waals surface area contributed by atoms with Crippen molar-refractivity contribution in [3.05, 3.63) is 48.2 Å². The van der Waals surface area contributed by atoms with Crippen LogP contribution in [0.5, 0.6) is 0 Å². The number of amides is 1. The molecule has 2 heterocycles. The van der Waals surface area contributed by atoms with E-state index in [2.05, 4.69) is 20.4 Å². The Hall–Kier alpha value is -2.63. The summed E-state index contributed by atoms with van der Waals surface area (Å²) in [6, 6.07) is 7.47. The second-order valence-corrected chi connectivity index (χ2v) is 4.12. The molecule has 19 heavy (non-hydrogen) atoms. The molecule has 6 nitrogen and oxygen atoms in total. The van der Waals surface area contributed by atoms with Crippen molar-refractivity contribution in [3.8, 4) is 0 Å². The summed E-state index contributed by atoms with van der Waals surface area (Å²) in [7, 11) is 0. The Bertz CT molecular complexity index is 688. The zero-order chi connectivity index (χ0) is 13.1. The Balaban J connectivity index is 1.63. The van der Waals surface area contributed by atoms with Crippen LogP contribution in [-0.4, -0.2) is 27.6 Å². The minimum Gasteiger partial charge on any atom is -0.361 e. The first kappa shape index (κ1) is 11.5. The summed E-state index contributed by atoms with van der Waals surface area (Å²) in [5.74, 6) is 0.406. The molecule has 0 spiro atoms. The molecule has 6 heteroatoms. The summed E-state index contributed by atoms with van der Waals surface area (Å²) in [4.78, 5) is 18.9. The maximum atomic E-state index is 12.0. The van der Waals surface area contributed by atoms with Gasteiger partial charge in [0, 0.05) is 35.6 Å². The van der Waals surface area contributed by atoms with Crippen molar-refractivity contribution in [2.45, 2.75) is 6.42 Å². The standard InChI is InChI=1S/C13H12N4O2/c18-13(15-6-4-12-16-8-17-19-12)10-1-2-11-9(7-10)3-5-14-11/h1-3,5,7-8,14H,4,6H2,(H,15,18). The van der Waals surface area contributed by atoms with E-state index < -0.39 is 0 Å². The predicted molar refractivity (Wildman–Crippen MR) is 68.6 cm³/mol. The van der Waals surface area contributed by atoms with Gasteiger partial charge in [0.25, 0.3) is 5.91 Å². The monoisotopic (exact) mass is 256 g/mol. The molecule has 0 radical (unpaired) electrons. The maximum absolute atomic E-state index is 12.0. The van der Waals surface area contributed by atoms with Crippen molar-refractivity contribution in [2.24, 2.45) is 0 Å². The van der Waals surface area contributed by atoms with Gasteiger partial charge in [0.15, 0.2) is 6.33 Å². The van der Waals surface area contributed by atoms with Gasteiger partial charge in [-0.05, 0) is 24.3 Å². The summed E-state index contributed by atoms with van der Waals surface area (Å²) < 4.78 is 4.85. The number of aromatic nitrogens is 3. The Labute approximate surface area is 108 Å². The van der Waals surface area contributed by atoms with Crippen LogP contribution in [0.3, 0.4) is 0 Å². The van der Waals surface area contributed by atoms with Crippen LogP contribution in [0.2, 0.25) is 0 Å². The molecule has 0 bridgehead atoms. The van der Waals surface area contributed by atoms with Gasteiger partial charge in [-0.1, -0.05) is 5.16 Å². The van der Waals surface area contributed by atoms with E-state index in [0.29, 0.717) is 24.4 Å². The van der Waals surface area contributed by atoms with Crippen molar-refractivity contribution in [1.82, 2.24) is 20.4 Å². The SMILES string of the molecule is O=C(NCCc1ncno1)c1ccc2[nH]ccc2c1. The largest absolute Gasteiger partial charge is 0.361 e. The van der Waals surface area contributed by atoms with E-state index in [1.165, 1.54) is 6.33 Å². The van der Waals surface area contributed by atoms with E-state index in [1.54, 1.807) is 6.07 Å². The maximum Gasteiger partial charge on any atom is 0.251 e. The van der Waals surface area contributed by atoms with Gasteiger partial charge in [0.2, 0.25) is 5.89 Å². The Morgan fingerprint density at radius 2 is 2.32 bits per heavy atom. The molecule has 0 saturated carbocycles. The lowest BCUT2D eigenvalue weighted by Gasteiger charge is -2.03. The van der Waals surface area contributed by atoms with Crippen LogP contribution in [0.1, 0.15) is 16.2 Å². The van der Waals surface area contributed by atoms with Crippen LogP contribution < -0.4 is 5.32 Å². The highest BCUT2D eigenvalue weighted by Crippen LogP contribution is 2.14. The van der Waals surface area contributed by atoms with E-state index in [-0.39, 0.29) is 5.91 Å². The number of nitrogens with zero attached hydrogens (tertiary/aromatic N) is 2. The average molecular weight is 256 g/mol. The van der Waals surface area contributed by atoms with Crippen molar-refractivity contribution in [1.29, 1.82) is 0 Å². The highest BCUT2D eigenvalue weighted by Gasteiger charge is 2.07. The fraction of sp³-hybridized carbons (Fsp3) is 0.154. The lowest BCUT2D eigenvalue weighted by atomic mass is 10.1. The van der Waals surface area contributed by atoms with E-state index in [0.717, 1.165) is 10.9 Å². The fourth-order valence-electron chi connectivity index (χ4n) is 1.89. The van der Waals surface area contributed by atoms with Crippen LogP contribution in [-0.2, 0) is 6.42 Å². The molecule has 0 aliphatic heterocycles. The van der Waals surface area contributed by atoms with Gasteiger partial charge in [-0.15, -0.1) is 0 Å². The molecule has 0 aliphatic carbocycles. The summed E-state index contributed by atoms with van der Waals surface area (Å²) in [6.07, 6.45) is 3.72. The average Bonchev–Trinajstić information content (AvgIpc) is 3.08. The molecule has 2 aromatic heterocycles. The highest BCUT2D eigenvalue weighted by molar-refractivity contribution is 5.98. The molecule has 96 valence electrons. The second-order valence-electron chi connectivity index (χ2n) is 4.12. The number of rotatable bonds is 4.